The molecule has 1 aromatic heterocycles. The Morgan fingerprint density at radius 3 is 2.11 bits per heavy atom. The van der Waals surface area contributed by atoms with E-state index in [9.17, 15) is 0 Å². The molecule has 0 saturated carbocycles. The van der Waals surface area contributed by atoms with Gasteiger partial charge in [-0.2, -0.15) is 9.97 Å². The fraction of sp³-hybridized carbons (Fsp3) is 0.593. The topological polar surface area (TPSA) is 74.8 Å². The van der Waals surface area contributed by atoms with E-state index in [1.165, 1.54) is 31.2 Å². The summed E-state index contributed by atoms with van der Waals surface area (Å²) in [5, 5.41) is 8.04. The highest BCUT2D eigenvalue weighted by Crippen LogP contribution is 2.35. The number of anilines is 3. The molecule has 0 unspecified atom stereocenters. The molecule has 200 valence electrons. The highest BCUT2D eigenvalue weighted by atomic mass is 35.5. The molecule has 0 atom stereocenters. The van der Waals surface area contributed by atoms with Crippen LogP contribution in [-0.4, -0.2) is 74.2 Å². The number of benzene rings is 1. The molecule has 0 radical (unpaired) electrons. The average molecular weight is 545 g/mol. The lowest BCUT2D eigenvalue weighted by molar-refractivity contribution is 0.0515. The lowest BCUT2D eigenvalue weighted by atomic mass is 9.74. The van der Waals surface area contributed by atoms with Gasteiger partial charge in [-0.3, -0.25) is 0 Å². The van der Waals surface area contributed by atoms with Crippen LogP contribution in [0.4, 0.5) is 17.6 Å². The predicted octanol–water partition coefficient (Wildman–Crippen LogP) is 4.38. The first-order valence-corrected chi connectivity index (χ1v) is 14.3. The van der Waals surface area contributed by atoms with E-state index in [2.05, 4.69) is 38.6 Å². The van der Waals surface area contributed by atoms with Crippen LogP contribution in [0.15, 0.2) is 30.3 Å². The maximum Gasteiger partial charge on any atom is 0.232 e. The number of ether oxygens (including phenoxy) is 2. The molecule has 2 N–H and O–H groups in total. The molecule has 10 heteroatoms. The summed E-state index contributed by atoms with van der Waals surface area (Å²) in [4.78, 5) is 14.4. The molecule has 37 heavy (non-hydrogen) atoms. The van der Waals surface area contributed by atoms with E-state index in [1.54, 1.807) is 0 Å². The lowest BCUT2D eigenvalue weighted by Crippen LogP contribution is -2.45. The number of hydrogen-bond acceptors (Lipinski definition) is 7. The van der Waals surface area contributed by atoms with Gasteiger partial charge in [0.15, 0.2) is 5.11 Å². The molecule has 0 spiro atoms. The molecular formula is C27H37ClN6O2S. The molecule has 2 aromatic rings. The van der Waals surface area contributed by atoms with Gasteiger partial charge < -0.3 is 29.9 Å². The largest absolute Gasteiger partial charge is 0.381 e. The molecule has 0 bridgehead atoms. The Morgan fingerprint density at radius 2 is 1.46 bits per heavy atom. The van der Waals surface area contributed by atoms with Crippen molar-refractivity contribution in [3.05, 3.63) is 40.9 Å². The first-order chi connectivity index (χ1) is 18.1. The zero-order chi connectivity index (χ0) is 25.5. The van der Waals surface area contributed by atoms with E-state index in [1.807, 2.05) is 12.1 Å². The van der Waals surface area contributed by atoms with Crippen molar-refractivity contribution in [3.63, 3.8) is 0 Å². The number of nitrogens with one attached hydrogen (secondary N) is 2. The normalized spacial score (nSPS) is 20.2. The van der Waals surface area contributed by atoms with Crippen molar-refractivity contribution in [1.82, 2.24) is 15.3 Å². The summed E-state index contributed by atoms with van der Waals surface area (Å²) in [6.07, 6.45) is 6.78. The van der Waals surface area contributed by atoms with Crippen LogP contribution in [0.1, 0.15) is 44.1 Å². The van der Waals surface area contributed by atoms with Crippen LogP contribution in [0.25, 0.3) is 0 Å². The standard InChI is InChI=1S/C27H37ClN6O2S/c28-22-7-5-21(6-8-22)27(9-15-35-16-10-27)20-29-26(37)32-25-30-23(33-11-3-1-2-4-12-33)19-24(31-25)34-13-17-36-18-14-34/h5-8,19H,1-4,9-18,20H2,(H2,29,30,31,32,37). The second-order valence-corrected chi connectivity index (χ2v) is 11.0. The monoisotopic (exact) mass is 544 g/mol. The maximum absolute atomic E-state index is 6.16. The highest BCUT2D eigenvalue weighted by molar-refractivity contribution is 7.80. The Morgan fingerprint density at radius 1 is 0.865 bits per heavy atom. The summed E-state index contributed by atoms with van der Waals surface area (Å²) in [6.45, 7) is 7.27. The van der Waals surface area contributed by atoms with Gasteiger partial charge in [-0.1, -0.05) is 36.6 Å². The molecule has 3 saturated heterocycles. The Labute approximate surface area is 230 Å². The van der Waals surface area contributed by atoms with Crippen molar-refractivity contribution in [2.24, 2.45) is 0 Å². The van der Waals surface area contributed by atoms with Crippen LogP contribution in [-0.2, 0) is 14.9 Å². The SMILES string of the molecule is S=C(NCC1(c2ccc(Cl)cc2)CCOCC1)Nc1nc(N2CCCCCC2)cc(N2CCOCC2)n1. The molecule has 3 fully saturated rings. The fourth-order valence-corrected chi connectivity index (χ4v) is 5.71. The Hall–Kier alpha value is -2.20. The summed E-state index contributed by atoms with van der Waals surface area (Å²) in [7, 11) is 0. The second kappa shape index (κ2) is 12.6. The number of hydrogen-bond donors (Lipinski definition) is 2. The third-order valence-electron chi connectivity index (χ3n) is 7.68. The van der Waals surface area contributed by atoms with Crippen LogP contribution in [0.2, 0.25) is 5.02 Å². The summed E-state index contributed by atoms with van der Waals surface area (Å²) in [6, 6.07) is 10.3. The molecule has 5 rings (SSSR count). The first kappa shape index (κ1) is 26.4. The summed E-state index contributed by atoms with van der Waals surface area (Å²) < 4.78 is 11.2. The van der Waals surface area contributed by atoms with E-state index >= 15 is 0 Å². The van der Waals surface area contributed by atoms with Crippen molar-refractivity contribution < 1.29 is 9.47 Å². The Kier molecular flexibility index (Phi) is 8.97. The van der Waals surface area contributed by atoms with Gasteiger partial charge >= 0.3 is 0 Å². The van der Waals surface area contributed by atoms with Crippen LogP contribution in [0, 0.1) is 0 Å². The third kappa shape index (κ3) is 6.82. The minimum Gasteiger partial charge on any atom is -0.381 e. The number of halogens is 1. The molecule has 1 aromatic carbocycles. The molecule has 3 aliphatic rings. The number of rotatable bonds is 6. The minimum atomic E-state index is -0.0672. The fourth-order valence-electron chi connectivity index (χ4n) is 5.42. The molecular weight excluding hydrogens is 508 g/mol. The Balaban J connectivity index is 1.32. The van der Waals surface area contributed by atoms with Crippen LogP contribution < -0.4 is 20.4 Å². The Bertz CT molecular complexity index is 1040. The van der Waals surface area contributed by atoms with Gasteiger partial charge in [0.05, 0.1) is 13.2 Å². The summed E-state index contributed by atoms with van der Waals surface area (Å²) >= 11 is 11.9. The number of nitrogens with zero attached hydrogens (tertiary/aromatic N) is 4. The number of aromatic nitrogens is 2. The molecule has 4 heterocycles. The van der Waals surface area contributed by atoms with Gasteiger partial charge in [0.25, 0.3) is 0 Å². The molecule has 3 aliphatic heterocycles. The molecule has 0 amide bonds. The van der Waals surface area contributed by atoms with Crippen LogP contribution >= 0.6 is 23.8 Å². The van der Waals surface area contributed by atoms with E-state index in [0.29, 0.717) is 30.8 Å². The average Bonchev–Trinajstić information content (AvgIpc) is 3.23. The van der Waals surface area contributed by atoms with Gasteiger partial charge in [0.1, 0.15) is 11.6 Å². The van der Waals surface area contributed by atoms with Gasteiger partial charge in [0.2, 0.25) is 5.95 Å². The van der Waals surface area contributed by atoms with Crippen molar-refractivity contribution in [2.75, 3.05) is 74.3 Å². The summed E-state index contributed by atoms with van der Waals surface area (Å²) in [5.74, 6) is 2.42. The van der Waals surface area contributed by atoms with E-state index in [-0.39, 0.29) is 5.41 Å². The highest BCUT2D eigenvalue weighted by Gasteiger charge is 2.34. The third-order valence-corrected chi connectivity index (χ3v) is 8.18. The van der Waals surface area contributed by atoms with Crippen molar-refractivity contribution >= 4 is 46.5 Å². The predicted molar refractivity (Wildman–Crippen MR) is 153 cm³/mol. The maximum atomic E-state index is 6.16. The quantitative estimate of drug-likeness (QED) is 0.515. The number of morpholine rings is 1. The smallest absolute Gasteiger partial charge is 0.232 e. The summed E-state index contributed by atoms with van der Waals surface area (Å²) in [5.41, 5.74) is 1.19. The van der Waals surface area contributed by atoms with E-state index in [4.69, 9.17) is 43.3 Å². The van der Waals surface area contributed by atoms with Crippen molar-refractivity contribution in [1.29, 1.82) is 0 Å². The van der Waals surface area contributed by atoms with Crippen LogP contribution in [0.3, 0.4) is 0 Å². The van der Waals surface area contributed by atoms with Crippen molar-refractivity contribution in [3.8, 4) is 0 Å². The first-order valence-electron chi connectivity index (χ1n) is 13.5. The number of thiocarbonyl (C=S) groups is 1. The lowest BCUT2D eigenvalue weighted by Gasteiger charge is -2.38. The van der Waals surface area contributed by atoms with Gasteiger partial charge in [-0.15, -0.1) is 0 Å². The second-order valence-electron chi connectivity index (χ2n) is 10.1. The van der Waals surface area contributed by atoms with Gasteiger partial charge in [-0.25, -0.2) is 0 Å². The van der Waals surface area contributed by atoms with Gasteiger partial charge in [-0.05, 0) is 55.6 Å². The molecule has 8 nitrogen and oxygen atoms in total. The zero-order valence-electron chi connectivity index (χ0n) is 21.4. The zero-order valence-corrected chi connectivity index (χ0v) is 23.0. The van der Waals surface area contributed by atoms with Gasteiger partial charge in [0, 0.05) is 62.4 Å². The van der Waals surface area contributed by atoms with Crippen molar-refractivity contribution in [2.45, 2.75) is 43.9 Å². The van der Waals surface area contributed by atoms with E-state index in [0.717, 1.165) is 68.9 Å². The van der Waals surface area contributed by atoms with Crippen LogP contribution in [0.5, 0.6) is 0 Å². The minimum absolute atomic E-state index is 0.0672. The molecule has 0 aliphatic carbocycles. The van der Waals surface area contributed by atoms with E-state index < -0.39 is 0 Å².